The van der Waals surface area contributed by atoms with E-state index in [9.17, 15) is 19.2 Å². The maximum absolute atomic E-state index is 13.9. The number of fused-ring (bicyclic) bond motifs is 1. The van der Waals surface area contributed by atoms with Crippen LogP contribution in [-0.4, -0.2) is 97.6 Å². The van der Waals surface area contributed by atoms with E-state index in [1.54, 1.807) is 46.0 Å². The number of rotatable bonds is 5. The van der Waals surface area contributed by atoms with E-state index in [1.165, 1.54) is 6.20 Å². The molecule has 2 fully saturated rings. The lowest BCUT2D eigenvalue weighted by Crippen LogP contribution is -2.43. The van der Waals surface area contributed by atoms with Gasteiger partial charge in [0.1, 0.15) is 18.1 Å². The lowest BCUT2D eigenvalue weighted by Gasteiger charge is -2.32. The monoisotopic (exact) mass is 637 g/mol. The fourth-order valence-corrected chi connectivity index (χ4v) is 6.29. The van der Waals surface area contributed by atoms with Crippen molar-refractivity contribution in [3.8, 4) is 5.75 Å². The molecule has 1 atom stereocenters. The van der Waals surface area contributed by atoms with E-state index in [0.29, 0.717) is 72.5 Å². The zero-order chi connectivity index (χ0) is 33.3. The van der Waals surface area contributed by atoms with Crippen LogP contribution >= 0.6 is 0 Å². The molecular formula is C36H39N5O6. The first-order valence-corrected chi connectivity index (χ1v) is 15.9. The molecule has 11 heteroatoms. The van der Waals surface area contributed by atoms with Crippen LogP contribution in [0.2, 0.25) is 0 Å². The minimum Gasteiger partial charge on any atom is -0.491 e. The molecule has 3 amide bonds. The summed E-state index contributed by atoms with van der Waals surface area (Å²) in [6.45, 7) is 9.31. The number of aldehydes is 1. The molecule has 47 heavy (non-hydrogen) atoms. The summed E-state index contributed by atoms with van der Waals surface area (Å²) in [5.74, 6) is 0.00780. The number of anilines is 1. The molecule has 6 rings (SSSR count). The fourth-order valence-electron chi connectivity index (χ4n) is 6.29. The third-order valence-corrected chi connectivity index (χ3v) is 8.93. The fraction of sp³-hybridized carbons (Fsp3) is 0.389. The van der Waals surface area contributed by atoms with Gasteiger partial charge in [-0.25, -0.2) is 9.98 Å². The number of pyridine rings is 1. The van der Waals surface area contributed by atoms with E-state index >= 15 is 0 Å². The Balaban J connectivity index is 1.26. The molecule has 0 N–H and O–H groups in total. The summed E-state index contributed by atoms with van der Waals surface area (Å²) < 4.78 is 11.4. The molecule has 2 aromatic carbocycles. The quantitative estimate of drug-likeness (QED) is 0.380. The largest absolute Gasteiger partial charge is 0.491 e. The number of ether oxygens (including phenoxy) is 2. The van der Waals surface area contributed by atoms with Crippen molar-refractivity contribution in [3.05, 3.63) is 82.5 Å². The highest BCUT2D eigenvalue weighted by Crippen LogP contribution is 2.36. The van der Waals surface area contributed by atoms with Gasteiger partial charge in [0.25, 0.3) is 17.7 Å². The molecule has 0 spiro atoms. The molecule has 4 heterocycles. The highest BCUT2D eigenvalue weighted by molar-refractivity contribution is 6.40. The molecule has 3 aromatic rings. The minimum absolute atomic E-state index is 0.106. The molecule has 3 aliphatic rings. The number of likely N-dealkylation sites (tertiary alicyclic amines) is 1. The number of carbonyl (C=O) groups excluding carboxylic acids is 4. The third kappa shape index (κ3) is 6.53. The molecule has 3 aliphatic heterocycles. The van der Waals surface area contributed by atoms with E-state index in [-0.39, 0.29) is 48.6 Å². The second kappa shape index (κ2) is 13.1. The number of benzene rings is 2. The first kappa shape index (κ1) is 32.1. The van der Waals surface area contributed by atoms with Gasteiger partial charge in [-0.2, -0.15) is 0 Å². The number of amides is 3. The van der Waals surface area contributed by atoms with Crippen molar-refractivity contribution in [2.24, 2.45) is 4.99 Å². The Morgan fingerprint density at radius 2 is 1.79 bits per heavy atom. The molecule has 0 bridgehead atoms. The summed E-state index contributed by atoms with van der Waals surface area (Å²) in [6.07, 6.45) is 2.54. The Kier molecular flexibility index (Phi) is 8.92. The van der Waals surface area contributed by atoms with Crippen molar-refractivity contribution in [2.75, 3.05) is 57.9 Å². The summed E-state index contributed by atoms with van der Waals surface area (Å²) in [6, 6.07) is 14.4. The Bertz CT molecular complexity index is 1740. The van der Waals surface area contributed by atoms with Gasteiger partial charge in [0.2, 0.25) is 0 Å². The summed E-state index contributed by atoms with van der Waals surface area (Å²) in [7, 11) is 1.70. The minimum atomic E-state index is -0.251. The number of likely N-dealkylation sites (N-methyl/N-ethyl adjacent to an activating group) is 1. The lowest BCUT2D eigenvalue weighted by atomic mass is 9.85. The van der Waals surface area contributed by atoms with Crippen molar-refractivity contribution < 1.29 is 28.7 Å². The summed E-state index contributed by atoms with van der Waals surface area (Å²) in [5, 5.41) is 0. The average Bonchev–Trinajstić information content (AvgIpc) is 3.24. The van der Waals surface area contributed by atoms with Gasteiger partial charge < -0.3 is 24.2 Å². The van der Waals surface area contributed by atoms with E-state index in [0.717, 1.165) is 17.4 Å². The number of nitrogens with zero attached hydrogens (tertiary/aromatic N) is 5. The Hall–Kier alpha value is -4.90. The highest BCUT2D eigenvalue weighted by Gasteiger charge is 2.34. The van der Waals surface area contributed by atoms with Crippen molar-refractivity contribution in [1.82, 2.24) is 14.8 Å². The molecule has 0 saturated carbocycles. The number of aromatic nitrogens is 1. The first-order valence-electron chi connectivity index (χ1n) is 15.9. The number of aliphatic imine (C=N–C) groups is 1. The van der Waals surface area contributed by atoms with Crippen molar-refractivity contribution >= 4 is 41.2 Å². The van der Waals surface area contributed by atoms with Crippen LogP contribution in [0.3, 0.4) is 0 Å². The summed E-state index contributed by atoms with van der Waals surface area (Å²) in [4.78, 5) is 66.5. The van der Waals surface area contributed by atoms with Crippen LogP contribution in [0.25, 0.3) is 0 Å². The Morgan fingerprint density at radius 1 is 1.00 bits per heavy atom. The third-order valence-electron chi connectivity index (χ3n) is 8.93. The SMILES string of the molecule is CN1CC(c2cccc(N3CCOc4cc(C(C)(C)C)ccc4C3=O)c2C=O)CC(=Nc2ccc(C(=O)N3CCOCC3)cn2)C1=O. The van der Waals surface area contributed by atoms with E-state index < -0.39 is 0 Å². The first-order chi connectivity index (χ1) is 22.5. The maximum Gasteiger partial charge on any atom is 0.268 e. The molecule has 2 saturated heterocycles. The van der Waals surface area contributed by atoms with Crippen molar-refractivity contribution in [3.63, 3.8) is 0 Å². The molecule has 1 aromatic heterocycles. The van der Waals surface area contributed by atoms with Crippen LogP contribution in [0, 0.1) is 0 Å². The molecule has 244 valence electrons. The van der Waals surface area contributed by atoms with Crippen LogP contribution in [0.4, 0.5) is 11.5 Å². The number of morpholine rings is 1. The van der Waals surface area contributed by atoms with Crippen molar-refractivity contribution in [1.29, 1.82) is 0 Å². The molecule has 0 aliphatic carbocycles. The van der Waals surface area contributed by atoms with Crippen LogP contribution in [0.5, 0.6) is 5.75 Å². The second-order valence-corrected chi connectivity index (χ2v) is 13.1. The number of hydrogen-bond acceptors (Lipinski definition) is 8. The van der Waals surface area contributed by atoms with Gasteiger partial charge >= 0.3 is 0 Å². The molecular weight excluding hydrogens is 598 g/mol. The van der Waals surface area contributed by atoms with Gasteiger partial charge in [0.15, 0.2) is 12.1 Å². The van der Waals surface area contributed by atoms with E-state index in [4.69, 9.17) is 9.47 Å². The average molecular weight is 638 g/mol. The van der Waals surface area contributed by atoms with Gasteiger partial charge in [-0.05, 0) is 46.9 Å². The van der Waals surface area contributed by atoms with E-state index in [1.807, 2.05) is 24.3 Å². The van der Waals surface area contributed by atoms with Crippen LogP contribution < -0.4 is 9.64 Å². The number of hydrogen-bond donors (Lipinski definition) is 0. The highest BCUT2D eigenvalue weighted by atomic mass is 16.5. The standard InChI is InChI=1S/C36H39N5O6/c1-36(2,3)25-9-10-27-31(19-25)47-17-14-41(34(27)44)30-7-5-6-26(28(30)22-42)24-18-29(35(45)39(4)21-24)38-32-11-8-23(20-37-32)33(43)40-12-15-46-16-13-40/h5-11,19-20,22,24H,12-18,21H2,1-4H3. The predicted molar refractivity (Wildman–Crippen MR) is 177 cm³/mol. The second-order valence-electron chi connectivity index (χ2n) is 13.1. The van der Waals surface area contributed by atoms with Gasteiger partial charge in [0, 0.05) is 50.8 Å². The van der Waals surface area contributed by atoms with Gasteiger partial charge in [-0.3, -0.25) is 19.2 Å². The van der Waals surface area contributed by atoms with Crippen molar-refractivity contribution in [2.45, 2.75) is 38.5 Å². The van der Waals surface area contributed by atoms with Crippen LogP contribution in [-0.2, 0) is 14.9 Å². The predicted octanol–water partition coefficient (Wildman–Crippen LogP) is 4.42. The van der Waals surface area contributed by atoms with Gasteiger partial charge in [-0.15, -0.1) is 0 Å². The topological polar surface area (TPSA) is 122 Å². The van der Waals surface area contributed by atoms with Crippen LogP contribution in [0.15, 0.2) is 59.7 Å². The molecule has 0 radical (unpaired) electrons. The Labute approximate surface area is 274 Å². The van der Waals surface area contributed by atoms with Crippen LogP contribution in [0.1, 0.15) is 75.3 Å². The number of carbonyl (C=O) groups is 4. The zero-order valence-corrected chi connectivity index (χ0v) is 27.2. The lowest BCUT2D eigenvalue weighted by molar-refractivity contribution is -0.124. The summed E-state index contributed by atoms with van der Waals surface area (Å²) >= 11 is 0. The maximum atomic E-state index is 13.9. The Morgan fingerprint density at radius 3 is 2.49 bits per heavy atom. The zero-order valence-electron chi connectivity index (χ0n) is 27.2. The molecule has 1 unspecified atom stereocenters. The number of piperidine rings is 1. The smallest absolute Gasteiger partial charge is 0.268 e. The summed E-state index contributed by atoms with van der Waals surface area (Å²) in [5.41, 5.74) is 3.77. The van der Waals surface area contributed by atoms with E-state index in [2.05, 4.69) is 30.7 Å². The molecule has 11 nitrogen and oxygen atoms in total. The van der Waals surface area contributed by atoms with Gasteiger partial charge in [-0.1, -0.05) is 39.0 Å². The van der Waals surface area contributed by atoms with Gasteiger partial charge in [0.05, 0.1) is 36.6 Å². The normalized spacial score (nSPS) is 19.7.